The maximum atomic E-state index is 8.78. The number of methoxy groups -OCH3 is 1. The molecule has 0 spiro atoms. The molecule has 3 nitrogen and oxygen atoms in total. The molecule has 0 saturated carbocycles. The Bertz CT molecular complexity index is 311. The van der Waals surface area contributed by atoms with Gasteiger partial charge in [0, 0.05) is 19.7 Å². The van der Waals surface area contributed by atoms with Gasteiger partial charge in [-0.15, -0.1) is 0 Å². The first-order chi connectivity index (χ1) is 8.17. The molecule has 0 radical (unpaired) electrons. The van der Waals surface area contributed by atoms with Gasteiger partial charge in [0.15, 0.2) is 0 Å². The molecular formula is C14H23NO2. The summed E-state index contributed by atoms with van der Waals surface area (Å²) < 4.78 is 5.14. The van der Waals surface area contributed by atoms with E-state index in [0.717, 1.165) is 25.3 Å². The lowest BCUT2D eigenvalue weighted by molar-refractivity contribution is 0.243. The second kappa shape index (κ2) is 7.30. The molecule has 1 atom stereocenters. The third kappa shape index (κ3) is 4.75. The Kier molecular flexibility index (Phi) is 6.01. The van der Waals surface area contributed by atoms with Crippen LogP contribution in [0.3, 0.4) is 0 Å². The summed E-state index contributed by atoms with van der Waals surface area (Å²) in [6, 6.07) is 8.23. The van der Waals surface area contributed by atoms with Crippen LogP contribution in [-0.4, -0.2) is 43.9 Å². The van der Waals surface area contributed by atoms with Gasteiger partial charge < -0.3 is 14.7 Å². The summed E-state index contributed by atoms with van der Waals surface area (Å²) in [7, 11) is 3.77. The summed E-state index contributed by atoms with van der Waals surface area (Å²) in [6.45, 7) is 4.43. The van der Waals surface area contributed by atoms with E-state index in [0.29, 0.717) is 5.92 Å². The van der Waals surface area contributed by atoms with Crippen molar-refractivity contribution in [3.63, 3.8) is 0 Å². The van der Waals surface area contributed by atoms with Crippen LogP contribution in [0, 0.1) is 0 Å². The number of aliphatic hydroxyl groups excluding tert-OH is 1. The second-order valence-electron chi connectivity index (χ2n) is 4.51. The Morgan fingerprint density at radius 1 is 1.29 bits per heavy atom. The molecule has 0 aliphatic heterocycles. The van der Waals surface area contributed by atoms with Gasteiger partial charge in [-0.3, -0.25) is 0 Å². The zero-order chi connectivity index (χ0) is 12.7. The molecule has 1 unspecified atom stereocenters. The van der Waals surface area contributed by atoms with Gasteiger partial charge in [0.05, 0.1) is 7.11 Å². The molecule has 0 saturated heterocycles. The van der Waals surface area contributed by atoms with Crippen molar-refractivity contribution in [1.82, 2.24) is 4.90 Å². The number of likely N-dealkylation sites (N-methyl/N-ethyl adjacent to an activating group) is 1. The largest absolute Gasteiger partial charge is 0.497 e. The van der Waals surface area contributed by atoms with Gasteiger partial charge in [-0.25, -0.2) is 0 Å². The number of nitrogens with zero attached hydrogens (tertiary/aromatic N) is 1. The van der Waals surface area contributed by atoms with Crippen LogP contribution < -0.4 is 4.74 Å². The Balaban J connectivity index is 2.47. The lowest BCUT2D eigenvalue weighted by Gasteiger charge is -2.21. The van der Waals surface area contributed by atoms with Crippen LogP contribution in [0.4, 0.5) is 0 Å². The first-order valence-electron chi connectivity index (χ1n) is 6.10. The Morgan fingerprint density at radius 2 is 1.94 bits per heavy atom. The van der Waals surface area contributed by atoms with Crippen LogP contribution in [0.5, 0.6) is 5.75 Å². The normalized spacial score (nSPS) is 12.8. The first kappa shape index (κ1) is 14.0. The van der Waals surface area contributed by atoms with Crippen molar-refractivity contribution in [2.45, 2.75) is 19.3 Å². The van der Waals surface area contributed by atoms with Gasteiger partial charge in [-0.05, 0) is 37.1 Å². The zero-order valence-corrected chi connectivity index (χ0v) is 11.0. The van der Waals surface area contributed by atoms with E-state index >= 15 is 0 Å². The topological polar surface area (TPSA) is 32.7 Å². The molecule has 0 aliphatic carbocycles. The van der Waals surface area contributed by atoms with Crippen LogP contribution in [-0.2, 0) is 0 Å². The molecule has 0 aliphatic rings. The maximum absolute atomic E-state index is 8.78. The molecule has 1 N–H and O–H groups in total. The standard InChI is InChI=1S/C14H23NO2/c1-12(11-15(2)9-4-10-16)13-5-7-14(17-3)8-6-13/h5-8,12,16H,4,9-11H2,1-3H3. The van der Waals surface area contributed by atoms with Crippen LogP contribution in [0.1, 0.15) is 24.8 Å². The van der Waals surface area contributed by atoms with Crippen molar-refractivity contribution >= 4 is 0 Å². The number of hydrogen-bond donors (Lipinski definition) is 1. The van der Waals surface area contributed by atoms with Crippen LogP contribution in [0.15, 0.2) is 24.3 Å². The third-order valence-electron chi connectivity index (χ3n) is 2.97. The molecular weight excluding hydrogens is 214 g/mol. The summed E-state index contributed by atoms with van der Waals surface area (Å²) in [4.78, 5) is 2.26. The molecule has 0 bridgehead atoms. The fraction of sp³-hybridized carbons (Fsp3) is 0.571. The lowest BCUT2D eigenvalue weighted by Crippen LogP contribution is -2.25. The molecule has 0 aromatic heterocycles. The highest BCUT2D eigenvalue weighted by atomic mass is 16.5. The molecule has 1 aromatic carbocycles. The van der Waals surface area contributed by atoms with Crippen molar-refractivity contribution in [2.75, 3.05) is 33.9 Å². The zero-order valence-electron chi connectivity index (χ0n) is 11.0. The van der Waals surface area contributed by atoms with Gasteiger partial charge in [0.2, 0.25) is 0 Å². The molecule has 17 heavy (non-hydrogen) atoms. The Labute approximate surface area is 104 Å². The van der Waals surface area contributed by atoms with E-state index in [1.165, 1.54) is 5.56 Å². The Hall–Kier alpha value is -1.06. The highest BCUT2D eigenvalue weighted by Gasteiger charge is 2.08. The summed E-state index contributed by atoms with van der Waals surface area (Å²) in [5, 5.41) is 8.78. The Morgan fingerprint density at radius 3 is 2.47 bits per heavy atom. The summed E-state index contributed by atoms with van der Waals surface area (Å²) in [5.41, 5.74) is 1.32. The molecule has 1 aromatic rings. The molecule has 0 heterocycles. The third-order valence-corrected chi connectivity index (χ3v) is 2.97. The molecule has 3 heteroatoms. The van der Waals surface area contributed by atoms with Crippen molar-refractivity contribution in [2.24, 2.45) is 0 Å². The van der Waals surface area contributed by atoms with Gasteiger partial charge >= 0.3 is 0 Å². The summed E-state index contributed by atoms with van der Waals surface area (Å²) >= 11 is 0. The fourth-order valence-corrected chi connectivity index (χ4v) is 1.94. The number of ether oxygens (including phenoxy) is 1. The minimum absolute atomic E-state index is 0.265. The fourth-order valence-electron chi connectivity index (χ4n) is 1.94. The van der Waals surface area contributed by atoms with E-state index in [-0.39, 0.29) is 6.61 Å². The van der Waals surface area contributed by atoms with E-state index in [4.69, 9.17) is 9.84 Å². The van der Waals surface area contributed by atoms with Gasteiger partial charge in [-0.1, -0.05) is 19.1 Å². The highest BCUT2D eigenvalue weighted by Crippen LogP contribution is 2.19. The van der Waals surface area contributed by atoms with E-state index in [9.17, 15) is 0 Å². The SMILES string of the molecule is COc1ccc(C(C)CN(C)CCCO)cc1. The van der Waals surface area contributed by atoms with Crippen LogP contribution in [0.2, 0.25) is 0 Å². The van der Waals surface area contributed by atoms with Crippen molar-refractivity contribution in [1.29, 1.82) is 0 Å². The molecule has 0 amide bonds. The van der Waals surface area contributed by atoms with E-state index in [2.05, 4.69) is 31.0 Å². The van der Waals surface area contributed by atoms with Crippen LogP contribution >= 0.6 is 0 Å². The van der Waals surface area contributed by atoms with E-state index < -0.39 is 0 Å². The van der Waals surface area contributed by atoms with Gasteiger partial charge in [0.25, 0.3) is 0 Å². The number of rotatable bonds is 7. The van der Waals surface area contributed by atoms with Gasteiger partial charge in [-0.2, -0.15) is 0 Å². The highest BCUT2D eigenvalue weighted by molar-refractivity contribution is 5.29. The summed E-state index contributed by atoms with van der Waals surface area (Å²) in [6.07, 6.45) is 0.839. The van der Waals surface area contributed by atoms with E-state index in [1.807, 2.05) is 12.1 Å². The second-order valence-corrected chi connectivity index (χ2v) is 4.51. The number of hydrogen-bond acceptors (Lipinski definition) is 3. The monoisotopic (exact) mass is 237 g/mol. The number of aliphatic hydroxyl groups is 1. The average molecular weight is 237 g/mol. The average Bonchev–Trinajstić information content (AvgIpc) is 2.36. The molecule has 1 rings (SSSR count). The predicted octanol–water partition coefficient (Wildman–Crippen LogP) is 2.11. The first-order valence-corrected chi connectivity index (χ1v) is 6.10. The summed E-state index contributed by atoms with van der Waals surface area (Å²) in [5.74, 6) is 1.39. The van der Waals surface area contributed by atoms with Crippen molar-refractivity contribution < 1.29 is 9.84 Å². The number of benzene rings is 1. The van der Waals surface area contributed by atoms with Crippen molar-refractivity contribution in [3.05, 3.63) is 29.8 Å². The minimum Gasteiger partial charge on any atom is -0.497 e. The smallest absolute Gasteiger partial charge is 0.118 e. The minimum atomic E-state index is 0.265. The molecule has 96 valence electrons. The van der Waals surface area contributed by atoms with Crippen molar-refractivity contribution in [3.8, 4) is 5.75 Å². The maximum Gasteiger partial charge on any atom is 0.118 e. The van der Waals surface area contributed by atoms with E-state index in [1.54, 1.807) is 7.11 Å². The van der Waals surface area contributed by atoms with Gasteiger partial charge in [0.1, 0.15) is 5.75 Å². The lowest BCUT2D eigenvalue weighted by atomic mass is 10.0. The van der Waals surface area contributed by atoms with Crippen LogP contribution in [0.25, 0.3) is 0 Å². The predicted molar refractivity (Wildman–Crippen MR) is 70.6 cm³/mol. The quantitative estimate of drug-likeness (QED) is 0.788. The molecule has 0 fully saturated rings.